The Morgan fingerprint density at radius 2 is 1.70 bits per heavy atom. The zero-order valence-corrected chi connectivity index (χ0v) is 20.2. The van der Waals surface area contributed by atoms with Gasteiger partial charge in [-0.15, -0.1) is 0 Å². The second kappa shape index (κ2) is 10.6. The maximum absolute atomic E-state index is 11.0. The largest absolute Gasteiger partial charge is 0.496 e. The molecule has 0 amide bonds. The summed E-state index contributed by atoms with van der Waals surface area (Å²) in [5, 5.41) is 14.2. The van der Waals surface area contributed by atoms with E-state index in [1.54, 1.807) is 13.3 Å². The summed E-state index contributed by atoms with van der Waals surface area (Å²) >= 11 is 0. The summed E-state index contributed by atoms with van der Waals surface area (Å²) in [6.45, 7) is 0. The van der Waals surface area contributed by atoms with Gasteiger partial charge < -0.3 is 25.3 Å². The van der Waals surface area contributed by atoms with Gasteiger partial charge in [-0.25, -0.2) is 9.97 Å². The van der Waals surface area contributed by atoms with Crippen LogP contribution in [0.15, 0.2) is 95.9 Å². The zero-order valence-electron chi connectivity index (χ0n) is 20.2. The molecule has 1 unspecified atom stereocenters. The normalized spacial score (nSPS) is 12.6. The minimum atomic E-state index is -1.55. The highest BCUT2D eigenvalue weighted by molar-refractivity contribution is 5.71. The van der Waals surface area contributed by atoms with E-state index < -0.39 is 5.72 Å². The molecule has 37 heavy (non-hydrogen) atoms. The molecule has 5 aromatic rings. The van der Waals surface area contributed by atoms with E-state index in [-0.39, 0.29) is 12.8 Å². The average molecular weight is 495 g/mol. The second-order valence-electron chi connectivity index (χ2n) is 8.61. The molecule has 186 valence electrons. The molecule has 1 atom stereocenters. The third kappa shape index (κ3) is 5.97. The predicted octanol–water partition coefficient (Wildman–Crippen LogP) is 4.38. The molecule has 0 saturated carbocycles. The van der Waals surface area contributed by atoms with E-state index in [4.69, 9.17) is 14.9 Å². The van der Waals surface area contributed by atoms with Crippen LogP contribution in [-0.2, 0) is 12.8 Å². The van der Waals surface area contributed by atoms with E-state index in [1.807, 2.05) is 78.9 Å². The number of ether oxygens (including phenoxy) is 1. The van der Waals surface area contributed by atoms with E-state index in [2.05, 4.69) is 25.3 Å². The van der Waals surface area contributed by atoms with Crippen LogP contribution in [0.2, 0.25) is 0 Å². The van der Waals surface area contributed by atoms with Crippen LogP contribution < -0.4 is 15.8 Å². The van der Waals surface area contributed by atoms with E-state index in [9.17, 15) is 5.11 Å². The number of nitrogens with two attached hydrogens (primary N) is 1. The lowest BCUT2D eigenvalue weighted by atomic mass is 10.00. The Morgan fingerprint density at radius 1 is 0.946 bits per heavy atom. The Hall–Kier alpha value is -4.60. The van der Waals surface area contributed by atoms with Gasteiger partial charge >= 0.3 is 0 Å². The molecule has 4 N–H and O–H groups in total. The Bertz CT molecular complexity index is 1460. The van der Waals surface area contributed by atoms with Crippen molar-refractivity contribution in [1.82, 2.24) is 19.9 Å². The molecule has 0 saturated heterocycles. The SMILES string of the molecule is COc1cc(Nc2nc(CC(N)(O)Cc3ccccc3)nc(-c3ccccc3)n2)ccc1-c1cnco1. The lowest BCUT2D eigenvalue weighted by Crippen LogP contribution is -2.44. The summed E-state index contributed by atoms with van der Waals surface area (Å²) < 4.78 is 11.0. The van der Waals surface area contributed by atoms with Crippen LogP contribution in [0.5, 0.6) is 5.75 Å². The highest BCUT2D eigenvalue weighted by Gasteiger charge is 2.25. The molecule has 9 nitrogen and oxygen atoms in total. The molecule has 0 spiro atoms. The second-order valence-corrected chi connectivity index (χ2v) is 8.61. The molecule has 0 fully saturated rings. The highest BCUT2D eigenvalue weighted by atomic mass is 16.5. The van der Waals surface area contributed by atoms with E-state index in [0.717, 1.165) is 16.7 Å². The number of aromatic nitrogens is 4. The van der Waals surface area contributed by atoms with Gasteiger partial charge in [0.15, 0.2) is 18.0 Å². The number of methoxy groups -OCH3 is 1. The smallest absolute Gasteiger partial charge is 0.231 e. The first-order valence-electron chi connectivity index (χ1n) is 11.7. The standard InChI is InChI=1S/C28H26N6O3/c1-36-23-14-21(12-13-22(23)24-17-30-18-37-24)31-27-33-25(32-26(34-27)20-10-6-3-7-11-20)16-28(29,35)15-19-8-4-2-5-9-19/h2-14,17-18,35H,15-16,29H2,1H3,(H,31,32,33,34). The van der Waals surface area contributed by atoms with Crippen LogP contribution >= 0.6 is 0 Å². The van der Waals surface area contributed by atoms with Crippen molar-refractivity contribution >= 4 is 11.6 Å². The zero-order chi connectivity index (χ0) is 25.7. The van der Waals surface area contributed by atoms with Crippen LogP contribution in [0.3, 0.4) is 0 Å². The number of benzene rings is 3. The summed E-state index contributed by atoms with van der Waals surface area (Å²) in [5.74, 6) is 2.33. The van der Waals surface area contributed by atoms with E-state index in [0.29, 0.717) is 34.8 Å². The van der Waals surface area contributed by atoms with Crippen molar-refractivity contribution in [2.75, 3.05) is 12.4 Å². The average Bonchev–Trinajstić information content (AvgIpc) is 3.44. The maximum Gasteiger partial charge on any atom is 0.231 e. The lowest BCUT2D eigenvalue weighted by Gasteiger charge is -2.23. The number of hydrogen-bond acceptors (Lipinski definition) is 9. The summed E-state index contributed by atoms with van der Waals surface area (Å²) in [4.78, 5) is 17.8. The van der Waals surface area contributed by atoms with Crippen LogP contribution in [-0.4, -0.2) is 37.9 Å². The first kappa shape index (κ1) is 24.1. The van der Waals surface area contributed by atoms with Crippen LogP contribution in [0, 0.1) is 0 Å². The summed E-state index contributed by atoms with van der Waals surface area (Å²) in [6, 6.07) is 24.7. The molecule has 2 aromatic heterocycles. The highest BCUT2D eigenvalue weighted by Crippen LogP contribution is 2.33. The fourth-order valence-electron chi connectivity index (χ4n) is 4.01. The van der Waals surface area contributed by atoms with Crippen LogP contribution in [0.25, 0.3) is 22.7 Å². The van der Waals surface area contributed by atoms with Crippen molar-refractivity contribution in [1.29, 1.82) is 0 Å². The Balaban J connectivity index is 1.46. The van der Waals surface area contributed by atoms with Gasteiger partial charge in [-0.05, 0) is 17.7 Å². The third-order valence-electron chi connectivity index (χ3n) is 5.69. The Morgan fingerprint density at radius 3 is 2.41 bits per heavy atom. The van der Waals surface area contributed by atoms with Crippen molar-refractivity contribution in [2.45, 2.75) is 18.6 Å². The molecule has 2 heterocycles. The van der Waals surface area contributed by atoms with Gasteiger partial charge in [0.25, 0.3) is 0 Å². The van der Waals surface area contributed by atoms with Crippen molar-refractivity contribution < 1.29 is 14.3 Å². The molecule has 0 aliphatic carbocycles. The molecule has 0 aliphatic heterocycles. The van der Waals surface area contributed by atoms with Crippen molar-refractivity contribution in [3.05, 3.63) is 103 Å². The first-order valence-corrected chi connectivity index (χ1v) is 11.7. The number of oxazole rings is 1. The van der Waals surface area contributed by atoms with Crippen molar-refractivity contribution in [3.63, 3.8) is 0 Å². The monoisotopic (exact) mass is 494 g/mol. The van der Waals surface area contributed by atoms with Crippen molar-refractivity contribution in [3.8, 4) is 28.5 Å². The number of nitrogens with one attached hydrogen (secondary N) is 1. The first-order chi connectivity index (χ1) is 18.0. The van der Waals surface area contributed by atoms with Gasteiger partial charge in [0, 0.05) is 23.7 Å². The van der Waals surface area contributed by atoms with Crippen LogP contribution in [0.4, 0.5) is 11.6 Å². The van der Waals surface area contributed by atoms with Gasteiger partial charge in [0.05, 0.1) is 25.3 Å². The summed E-state index contributed by atoms with van der Waals surface area (Å²) in [6.07, 6.45) is 3.28. The fourth-order valence-corrected chi connectivity index (χ4v) is 4.01. The predicted molar refractivity (Wildman–Crippen MR) is 140 cm³/mol. The number of anilines is 2. The lowest BCUT2D eigenvalue weighted by molar-refractivity contribution is 0.0457. The Kier molecular flexibility index (Phi) is 6.89. The van der Waals surface area contributed by atoms with Gasteiger partial charge in [-0.1, -0.05) is 60.7 Å². The minimum absolute atomic E-state index is 0.0344. The molecule has 9 heteroatoms. The molecule has 5 rings (SSSR count). The number of aliphatic hydroxyl groups is 1. The molecule has 0 bridgehead atoms. The molecule has 0 aliphatic rings. The summed E-state index contributed by atoms with van der Waals surface area (Å²) in [5.41, 5.74) is 7.93. The molecular weight excluding hydrogens is 468 g/mol. The quantitative estimate of drug-likeness (QED) is 0.255. The third-order valence-corrected chi connectivity index (χ3v) is 5.69. The Labute approximate surface area is 214 Å². The number of nitrogens with zero attached hydrogens (tertiary/aromatic N) is 4. The maximum atomic E-state index is 11.0. The summed E-state index contributed by atoms with van der Waals surface area (Å²) in [7, 11) is 1.59. The molecule has 0 radical (unpaired) electrons. The van der Waals surface area contributed by atoms with Crippen LogP contribution in [0.1, 0.15) is 11.4 Å². The molecular formula is C28H26N6O3. The van der Waals surface area contributed by atoms with E-state index in [1.165, 1.54) is 6.39 Å². The van der Waals surface area contributed by atoms with Gasteiger partial charge in [0.2, 0.25) is 5.95 Å². The number of hydrogen-bond donors (Lipinski definition) is 3. The topological polar surface area (TPSA) is 132 Å². The molecule has 3 aromatic carbocycles. The van der Waals surface area contributed by atoms with E-state index >= 15 is 0 Å². The van der Waals surface area contributed by atoms with Gasteiger partial charge in [-0.2, -0.15) is 9.97 Å². The van der Waals surface area contributed by atoms with Gasteiger partial charge in [0.1, 0.15) is 17.3 Å². The fraction of sp³-hybridized carbons (Fsp3) is 0.143. The van der Waals surface area contributed by atoms with Gasteiger partial charge in [-0.3, -0.25) is 0 Å². The number of rotatable bonds is 9. The minimum Gasteiger partial charge on any atom is -0.496 e. The van der Waals surface area contributed by atoms with Crippen molar-refractivity contribution in [2.24, 2.45) is 5.73 Å².